The largest absolute Gasteiger partial charge is 0.480 e. The van der Waals surface area contributed by atoms with Crippen molar-refractivity contribution < 1.29 is 31.8 Å². The number of rotatable bonds is 6. The lowest BCUT2D eigenvalue weighted by molar-refractivity contribution is -0.141. The molecule has 0 aliphatic heterocycles. The molecule has 0 bridgehead atoms. The van der Waals surface area contributed by atoms with Crippen molar-refractivity contribution in [3.63, 3.8) is 0 Å². The molecule has 0 spiro atoms. The maximum atomic E-state index is 10.4. The fourth-order valence-corrected chi connectivity index (χ4v) is 1.23. The topological polar surface area (TPSA) is 170 Å². The van der Waals surface area contributed by atoms with E-state index < -0.39 is 40.8 Å². The highest BCUT2D eigenvalue weighted by Crippen LogP contribution is 2.06. The number of primary amides is 1. The first-order valence-electron chi connectivity index (χ1n) is 3.56. The van der Waals surface area contributed by atoms with E-state index in [0.29, 0.717) is 0 Å². The summed E-state index contributed by atoms with van der Waals surface area (Å²) >= 11 is 0. The summed E-state index contributed by atoms with van der Waals surface area (Å²) in [6, 6.07) is -1.79. The van der Waals surface area contributed by atoms with Crippen LogP contribution < -0.4 is 11.5 Å². The summed E-state index contributed by atoms with van der Waals surface area (Å²) in [4.78, 5) is 20.8. The predicted molar refractivity (Wildman–Crippen MR) is 45.8 cm³/mol. The molecule has 0 unspecified atom stereocenters. The molecule has 0 saturated heterocycles. The van der Waals surface area contributed by atoms with Gasteiger partial charge in [-0.15, -0.1) is 0 Å². The van der Waals surface area contributed by atoms with Gasteiger partial charge in [0.2, 0.25) is 5.91 Å². The number of amides is 1. The highest BCUT2D eigenvalue weighted by atomic mass is 32.3. The second-order valence-corrected chi connectivity index (χ2v) is 3.64. The molecule has 6 N–H and O–H groups in total. The van der Waals surface area contributed by atoms with Crippen molar-refractivity contribution in [2.75, 3.05) is 0 Å². The molecular formula is C5H10N2O7S. The minimum atomic E-state index is -4.90. The maximum absolute atomic E-state index is 10.4. The zero-order chi connectivity index (χ0) is 12.2. The molecule has 0 aromatic rings. The van der Waals surface area contributed by atoms with Gasteiger partial charge in [0.1, 0.15) is 12.1 Å². The number of carbonyl (C=O) groups excluding carboxylic acids is 1. The van der Waals surface area contributed by atoms with E-state index in [1.54, 1.807) is 0 Å². The van der Waals surface area contributed by atoms with Crippen molar-refractivity contribution in [3.05, 3.63) is 0 Å². The van der Waals surface area contributed by atoms with E-state index in [2.05, 4.69) is 4.18 Å². The van der Waals surface area contributed by atoms with Gasteiger partial charge < -0.3 is 16.6 Å². The van der Waals surface area contributed by atoms with Crippen LogP contribution in [0, 0.1) is 0 Å². The first-order chi connectivity index (χ1) is 6.63. The molecule has 0 aromatic carbocycles. The van der Waals surface area contributed by atoms with Crippen molar-refractivity contribution in [1.82, 2.24) is 0 Å². The van der Waals surface area contributed by atoms with E-state index in [0.717, 1.165) is 0 Å². The Labute approximate surface area is 84.9 Å². The van der Waals surface area contributed by atoms with E-state index in [4.69, 9.17) is 21.1 Å². The summed E-state index contributed by atoms with van der Waals surface area (Å²) in [6.45, 7) is 0. The molecule has 0 heterocycles. The number of carboxylic acids is 1. The van der Waals surface area contributed by atoms with Crippen molar-refractivity contribution in [2.24, 2.45) is 11.5 Å². The van der Waals surface area contributed by atoms with Crippen LogP contribution in [0.4, 0.5) is 0 Å². The van der Waals surface area contributed by atoms with Gasteiger partial charge in [-0.05, 0) is 0 Å². The molecule has 0 saturated carbocycles. The Kier molecular flexibility index (Phi) is 4.61. The molecule has 88 valence electrons. The van der Waals surface area contributed by atoms with Crippen LogP contribution in [0.3, 0.4) is 0 Å². The lowest BCUT2D eigenvalue weighted by atomic mass is 10.1. The summed E-state index contributed by atoms with van der Waals surface area (Å²) in [7, 11) is -4.90. The first-order valence-corrected chi connectivity index (χ1v) is 4.92. The molecule has 1 amide bonds. The van der Waals surface area contributed by atoms with Crippen LogP contribution in [0.15, 0.2) is 0 Å². The van der Waals surface area contributed by atoms with Crippen molar-refractivity contribution in [1.29, 1.82) is 0 Å². The molecule has 0 fully saturated rings. The summed E-state index contributed by atoms with van der Waals surface area (Å²) in [5.74, 6) is -2.61. The quantitative estimate of drug-likeness (QED) is 0.369. The van der Waals surface area contributed by atoms with Gasteiger partial charge in [0.25, 0.3) is 0 Å². The normalized spacial score (nSPS) is 15.6. The summed E-state index contributed by atoms with van der Waals surface area (Å²) in [5, 5.41) is 8.43. The molecule has 0 radical (unpaired) electrons. The maximum Gasteiger partial charge on any atom is 0.397 e. The standard InChI is InChI=1S/C5H10N2O7S/c6-3(8)1-2(4(7)5(9)10)14-15(11,12)13/h2,4H,1,7H2,(H2,6,8)(H,9,10)(H,11,12,13)/t2-,4+/m0/s1. The lowest BCUT2D eigenvalue weighted by Gasteiger charge is -2.17. The molecule has 0 aliphatic rings. The van der Waals surface area contributed by atoms with Gasteiger partial charge >= 0.3 is 16.4 Å². The van der Waals surface area contributed by atoms with Crippen LogP contribution in [0.2, 0.25) is 0 Å². The van der Waals surface area contributed by atoms with Crippen molar-refractivity contribution >= 4 is 22.3 Å². The van der Waals surface area contributed by atoms with Gasteiger partial charge in [-0.1, -0.05) is 0 Å². The number of hydrogen-bond acceptors (Lipinski definition) is 6. The molecular weight excluding hydrogens is 232 g/mol. The van der Waals surface area contributed by atoms with Crippen LogP contribution in [0.25, 0.3) is 0 Å². The van der Waals surface area contributed by atoms with Crippen LogP contribution in [-0.2, 0) is 24.2 Å². The van der Waals surface area contributed by atoms with Gasteiger partial charge in [0.05, 0.1) is 6.42 Å². The number of aliphatic carboxylic acids is 1. The zero-order valence-electron chi connectivity index (χ0n) is 7.36. The summed E-state index contributed by atoms with van der Waals surface area (Å²) < 4.78 is 32.7. The SMILES string of the molecule is NC(=O)C[C@H](OS(=O)(=O)O)[C@@H](N)C(=O)O. The number of carboxylic acid groups (broad SMARTS) is 1. The van der Waals surface area contributed by atoms with Gasteiger partial charge in [0.15, 0.2) is 0 Å². The third-order valence-electron chi connectivity index (χ3n) is 1.33. The van der Waals surface area contributed by atoms with Crippen LogP contribution in [0.1, 0.15) is 6.42 Å². The first kappa shape index (κ1) is 13.8. The van der Waals surface area contributed by atoms with E-state index in [1.807, 2.05) is 0 Å². The van der Waals surface area contributed by atoms with Crippen molar-refractivity contribution in [2.45, 2.75) is 18.6 Å². The average Bonchev–Trinajstić information content (AvgIpc) is 1.97. The summed E-state index contributed by atoms with van der Waals surface area (Å²) in [5.41, 5.74) is 9.71. The number of hydrogen-bond donors (Lipinski definition) is 4. The third-order valence-corrected chi connectivity index (χ3v) is 1.82. The highest BCUT2D eigenvalue weighted by Gasteiger charge is 2.30. The van der Waals surface area contributed by atoms with Crippen molar-refractivity contribution in [3.8, 4) is 0 Å². The summed E-state index contributed by atoms with van der Waals surface area (Å²) in [6.07, 6.45) is -2.48. The van der Waals surface area contributed by atoms with Gasteiger partial charge in [-0.2, -0.15) is 8.42 Å². The number of nitrogens with two attached hydrogens (primary N) is 2. The van der Waals surface area contributed by atoms with E-state index in [9.17, 15) is 18.0 Å². The average molecular weight is 242 g/mol. The smallest absolute Gasteiger partial charge is 0.397 e. The Balaban J connectivity index is 4.73. The molecule has 0 aliphatic carbocycles. The molecule has 9 nitrogen and oxygen atoms in total. The molecule has 15 heavy (non-hydrogen) atoms. The number of carbonyl (C=O) groups is 2. The minimum Gasteiger partial charge on any atom is -0.480 e. The van der Waals surface area contributed by atoms with Gasteiger partial charge in [0, 0.05) is 0 Å². The predicted octanol–water partition coefficient (Wildman–Crippen LogP) is -2.54. The molecule has 10 heteroatoms. The Morgan fingerprint density at radius 1 is 1.40 bits per heavy atom. The highest BCUT2D eigenvalue weighted by molar-refractivity contribution is 7.80. The van der Waals surface area contributed by atoms with Gasteiger partial charge in [-0.3, -0.25) is 14.1 Å². The molecule has 2 atom stereocenters. The Hall–Kier alpha value is -1.23. The monoisotopic (exact) mass is 242 g/mol. The lowest BCUT2D eigenvalue weighted by Crippen LogP contribution is -2.46. The zero-order valence-corrected chi connectivity index (χ0v) is 8.18. The fraction of sp³-hybridized carbons (Fsp3) is 0.600. The molecule has 0 aromatic heterocycles. The van der Waals surface area contributed by atoms with E-state index >= 15 is 0 Å². The Morgan fingerprint density at radius 2 is 1.87 bits per heavy atom. The second kappa shape index (κ2) is 5.02. The fourth-order valence-electron chi connectivity index (χ4n) is 0.734. The second-order valence-electron chi connectivity index (χ2n) is 2.60. The third kappa shape index (κ3) is 5.96. The Morgan fingerprint density at radius 3 is 2.13 bits per heavy atom. The molecule has 0 rings (SSSR count). The van der Waals surface area contributed by atoms with E-state index in [1.165, 1.54) is 0 Å². The van der Waals surface area contributed by atoms with Crippen LogP contribution >= 0.6 is 0 Å². The van der Waals surface area contributed by atoms with Gasteiger partial charge in [-0.25, -0.2) is 4.18 Å². The van der Waals surface area contributed by atoms with Crippen LogP contribution in [0.5, 0.6) is 0 Å². The minimum absolute atomic E-state index is 0.743. The van der Waals surface area contributed by atoms with E-state index in [-0.39, 0.29) is 0 Å². The van der Waals surface area contributed by atoms with Crippen LogP contribution in [-0.4, -0.2) is 42.1 Å². The Bertz CT molecular complexity index is 350.